The van der Waals surface area contributed by atoms with Crippen molar-refractivity contribution in [3.8, 4) is 0 Å². The number of benzene rings is 1. The van der Waals surface area contributed by atoms with E-state index in [0.29, 0.717) is 22.4 Å². The van der Waals surface area contributed by atoms with E-state index in [2.05, 4.69) is 29.0 Å². The van der Waals surface area contributed by atoms with Crippen LogP contribution >= 0.6 is 11.8 Å². The van der Waals surface area contributed by atoms with E-state index in [1.807, 2.05) is 24.3 Å². The second-order valence-electron chi connectivity index (χ2n) is 4.65. The summed E-state index contributed by atoms with van der Waals surface area (Å²) in [5.74, 6) is 1.15. The van der Waals surface area contributed by atoms with Crippen LogP contribution in [0.1, 0.15) is 42.1 Å². The number of H-pyrrole nitrogens is 1. The number of aromatic amines is 1. The van der Waals surface area contributed by atoms with Crippen molar-refractivity contribution in [3.63, 3.8) is 0 Å². The first-order chi connectivity index (χ1) is 9.60. The zero-order valence-corrected chi connectivity index (χ0v) is 12.4. The molecule has 106 valence electrons. The lowest BCUT2D eigenvalue weighted by Crippen LogP contribution is -2.03. The summed E-state index contributed by atoms with van der Waals surface area (Å²) in [5, 5.41) is 6.92. The van der Waals surface area contributed by atoms with E-state index in [-0.39, 0.29) is 11.7 Å². The second-order valence-corrected chi connectivity index (χ2v) is 5.59. The molecule has 0 bridgehead atoms. The molecule has 0 spiro atoms. The molecule has 2 rings (SSSR count). The minimum atomic E-state index is 0.0640. The largest absolute Gasteiger partial charge is 0.368 e. The van der Waals surface area contributed by atoms with Crippen molar-refractivity contribution in [2.45, 2.75) is 31.3 Å². The van der Waals surface area contributed by atoms with Gasteiger partial charge < -0.3 is 5.73 Å². The van der Waals surface area contributed by atoms with E-state index in [1.54, 1.807) is 0 Å². The minimum Gasteiger partial charge on any atom is -0.368 e. The molecular weight excluding hydrogens is 272 g/mol. The summed E-state index contributed by atoms with van der Waals surface area (Å²) in [6, 6.07) is 7.82. The highest BCUT2D eigenvalue weighted by atomic mass is 32.2. The van der Waals surface area contributed by atoms with Gasteiger partial charge in [-0.1, -0.05) is 49.9 Å². The molecule has 6 heteroatoms. The lowest BCUT2D eigenvalue weighted by molar-refractivity contribution is 0.102. The van der Waals surface area contributed by atoms with Crippen molar-refractivity contribution in [3.05, 3.63) is 35.4 Å². The summed E-state index contributed by atoms with van der Waals surface area (Å²) in [6.45, 7) is 4.34. The smallest absolute Gasteiger partial charge is 0.216 e. The first-order valence-corrected chi connectivity index (χ1v) is 7.52. The van der Waals surface area contributed by atoms with Gasteiger partial charge in [-0.15, -0.1) is 5.10 Å². The molecule has 20 heavy (non-hydrogen) atoms. The first kappa shape index (κ1) is 14.6. The zero-order valence-electron chi connectivity index (χ0n) is 11.6. The van der Waals surface area contributed by atoms with Gasteiger partial charge in [0.15, 0.2) is 5.78 Å². The van der Waals surface area contributed by atoms with E-state index in [4.69, 9.17) is 5.73 Å². The number of rotatable bonds is 6. The van der Waals surface area contributed by atoms with Crippen molar-refractivity contribution in [1.29, 1.82) is 0 Å². The molecule has 0 aliphatic rings. The fourth-order valence-corrected chi connectivity index (χ4v) is 2.47. The molecule has 1 aromatic heterocycles. The van der Waals surface area contributed by atoms with Gasteiger partial charge in [0.1, 0.15) is 0 Å². The maximum atomic E-state index is 12.1. The Morgan fingerprint density at radius 1 is 1.40 bits per heavy atom. The predicted molar refractivity (Wildman–Crippen MR) is 81.0 cm³/mol. The average molecular weight is 290 g/mol. The summed E-state index contributed by atoms with van der Waals surface area (Å²) < 4.78 is 0. The molecule has 1 atom stereocenters. The number of nitrogens with one attached hydrogen (secondary N) is 1. The van der Waals surface area contributed by atoms with Gasteiger partial charge in [-0.25, -0.2) is 5.10 Å². The van der Waals surface area contributed by atoms with Crippen LogP contribution < -0.4 is 5.73 Å². The molecule has 1 heterocycles. The summed E-state index contributed by atoms with van der Waals surface area (Å²) in [6.07, 6.45) is 1.09. The highest BCUT2D eigenvalue weighted by Gasteiger charge is 2.10. The Morgan fingerprint density at radius 3 is 2.65 bits per heavy atom. The number of nitrogens with zero attached hydrogens (tertiary/aromatic N) is 2. The SMILES string of the molecule is CCC(C)c1ccc(C(=O)CSc2n[nH]c(N)n2)cc1. The van der Waals surface area contributed by atoms with Crippen LogP contribution in [0.25, 0.3) is 0 Å². The van der Waals surface area contributed by atoms with Gasteiger partial charge in [-0.2, -0.15) is 4.98 Å². The number of nitrogen functional groups attached to an aromatic ring is 1. The normalized spacial score (nSPS) is 12.3. The van der Waals surface area contributed by atoms with Crippen LogP contribution in [0.4, 0.5) is 5.95 Å². The van der Waals surface area contributed by atoms with Gasteiger partial charge in [0.25, 0.3) is 0 Å². The molecule has 3 N–H and O–H groups in total. The Morgan fingerprint density at radius 2 is 2.10 bits per heavy atom. The Labute approximate surface area is 122 Å². The van der Waals surface area contributed by atoms with Gasteiger partial charge in [0.2, 0.25) is 11.1 Å². The summed E-state index contributed by atoms with van der Waals surface area (Å²) in [5.41, 5.74) is 7.41. The lowest BCUT2D eigenvalue weighted by atomic mass is 9.97. The Kier molecular flexibility index (Phi) is 4.79. The van der Waals surface area contributed by atoms with Crippen LogP contribution in [0.3, 0.4) is 0 Å². The first-order valence-electron chi connectivity index (χ1n) is 6.54. The zero-order chi connectivity index (χ0) is 14.5. The molecule has 0 saturated heterocycles. The van der Waals surface area contributed by atoms with Crippen LogP contribution in [0.15, 0.2) is 29.4 Å². The number of aromatic nitrogens is 3. The van der Waals surface area contributed by atoms with Gasteiger partial charge in [0.05, 0.1) is 5.75 Å². The van der Waals surface area contributed by atoms with E-state index in [1.165, 1.54) is 17.3 Å². The number of hydrogen-bond donors (Lipinski definition) is 2. The number of Topliss-reactive ketones (excluding diaryl/α,β-unsaturated/α-hetero) is 1. The van der Waals surface area contributed by atoms with Gasteiger partial charge in [0, 0.05) is 5.56 Å². The standard InChI is InChI=1S/C14H18N4OS/c1-3-9(2)10-4-6-11(7-5-10)12(19)8-20-14-16-13(15)17-18-14/h4-7,9H,3,8H2,1-2H3,(H3,15,16,17,18). The molecule has 5 nitrogen and oxygen atoms in total. The van der Waals surface area contributed by atoms with Gasteiger partial charge >= 0.3 is 0 Å². The lowest BCUT2D eigenvalue weighted by Gasteiger charge is -2.09. The molecule has 0 radical (unpaired) electrons. The van der Waals surface area contributed by atoms with E-state index < -0.39 is 0 Å². The van der Waals surface area contributed by atoms with E-state index >= 15 is 0 Å². The van der Waals surface area contributed by atoms with Crippen LogP contribution in [-0.2, 0) is 0 Å². The number of hydrogen-bond acceptors (Lipinski definition) is 5. The number of anilines is 1. The van der Waals surface area contributed by atoms with Crippen molar-refractivity contribution in [2.24, 2.45) is 0 Å². The van der Waals surface area contributed by atoms with E-state index in [9.17, 15) is 4.79 Å². The van der Waals surface area contributed by atoms with Gasteiger partial charge in [-0.05, 0) is 17.9 Å². The predicted octanol–water partition coefficient (Wildman–Crippen LogP) is 2.88. The average Bonchev–Trinajstić information content (AvgIpc) is 2.89. The minimum absolute atomic E-state index is 0.0640. The molecular formula is C14H18N4OS. The summed E-state index contributed by atoms with van der Waals surface area (Å²) >= 11 is 1.28. The summed E-state index contributed by atoms with van der Waals surface area (Å²) in [7, 11) is 0. The third kappa shape index (κ3) is 3.60. The molecule has 0 amide bonds. The Hall–Kier alpha value is -1.82. The topological polar surface area (TPSA) is 84.7 Å². The number of carbonyl (C=O) groups excluding carboxylic acids is 1. The van der Waals surface area contributed by atoms with Crippen molar-refractivity contribution in [1.82, 2.24) is 15.2 Å². The number of nitrogens with two attached hydrogens (primary N) is 1. The fourth-order valence-electron chi connectivity index (χ4n) is 1.77. The quantitative estimate of drug-likeness (QED) is 0.631. The third-order valence-electron chi connectivity index (χ3n) is 3.23. The number of thioether (sulfide) groups is 1. The third-order valence-corrected chi connectivity index (χ3v) is 4.08. The summed E-state index contributed by atoms with van der Waals surface area (Å²) in [4.78, 5) is 16.0. The molecule has 0 saturated carbocycles. The van der Waals surface area contributed by atoms with Crippen molar-refractivity contribution < 1.29 is 4.79 Å². The molecule has 0 aliphatic heterocycles. The van der Waals surface area contributed by atoms with Crippen molar-refractivity contribution in [2.75, 3.05) is 11.5 Å². The highest BCUT2D eigenvalue weighted by molar-refractivity contribution is 7.99. The highest BCUT2D eigenvalue weighted by Crippen LogP contribution is 2.20. The fraction of sp³-hybridized carbons (Fsp3) is 0.357. The maximum Gasteiger partial charge on any atom is 0.216 e. The Balaban J connectivity index is 1.95. The molecule has 2 aromatic rings. The van der Waals surface area contributed by atoms with Crippen LogP contribution in [0.5, 0.6) is 0 Å². The number of ketones is 1. The van der Waals surface area contributed by atoms with E-state index in [0.717, 1.165) is 6.42 Å². The second kappa shape index (κ2) is 6.56. The van der Waals surface area contributed by atoms with Crippen LogP contribution in [0.2, 0.25) is 0 Å². The molecule has 1 unspecified atom stereocenters. The molecule has 1 aromatic carbocycles. The van der Waals surface area contributed by atoms with Crippen LogP contribution in [0, 0.1) is 0 Å². The van der Waals surface area contributed by atoms with Crippen LogP contribution in [-0.4, -0.2) is 26.7 Å². The van der Waals surface area contributed by atoms with Gasteiger partial charge in [-0.3, -0.25) is 4.79 Å². The Bertz CT molecular complexity index is 579. The number of carbonyl (C=O) groups is 1. The molecule has 0 aliphatic carbocycles. The monoisotopic (exact) mass is 290 g/mol. The molecule has 0 fully saturated rings. The van der Waals surface area contributed by atoms with Crippen molar-refractivity contribution >= 4 is 23.5 Å². The maximum absolute atomic E-state index is 12.1.